The van der Waals surface area contributed by atoms with Crippen LogP contribution in [-0.2, 0) is 27.9 Å². The van der Waals surface area contributed by atoms with E-state index in [-0.39, 0.29) is 27.9 Å². The molecule has 2 aliphatic heterocycles. The Labute approximate surface area is 389 Å². The van der Waals surface area contributed by atoms with Crippen molar-refractivity contribution in [1.82, 2.24) is 0 Å². The third-order valence-electron chi connectivity index (χ3n) is 16.3. The molecule has 9 heteroatoms. The largest absolute Gasteiger partial charge is 0.455 e. The van der Waals surface area contributed by atoms with Gasteiger partial charge in [0.1, 0.15) is 11.7 Å². The normalized spacial score (nSPS) is 29.8. The van der Waals surface area contributed by atoms with E-state index in [2.05, 4.69) is 165 Å². The molecule has 1 spiro atoms. The lowest BCUT2D eigenvalue weighted by molar-refractivity contribution is -0.167. The molecule has 2 bridgehead atoms. The Morgan fingerprint density at radius 1 is 0.754 bits per heavy atom. The minimum absolute atomic E-state index is 0.0888. The standard InChI is InChI=1S/C56H70O7Si2/c1-37(57)61-51-45-31-30-38(32-39-34-40(39)36-60-64(53(2,3)4,41-22-14-10-15-23-41)42-24-16-11-17-25-42)33-46(45)48(58)49(59)50-55(8,9)52-47(35-56(50,51)62-52)63-65(54(5,6)7,43-26-18-12-19-27-43)44-28-20-13-21-29-44/h10-29,38-40,47,49-52,59H,30-36H2,1-9H3/t38?,39-,40+,47-,49-,50-,51-,52-,56+/m0/s1. The van der Waals surface area contributed by atoms with Crippen molar-refractivity contribution in [3.63, 3.8) is 0 Å². The summed E-state index contributed by atoms with van der Waals surface area (Å²) in [7, 11) is -5.68. The molecule has 9 rings (SSSR count). The van der Waals surface area contributed by atoms with Crippen LogP contribution in [0.3, 0.4) is 0 Å². The average Bonchev–Trinajstić information content (AvgIpc) is 3.84. The quantitative estimate of drug-likeness (QED) is 0.112. The van der Waals surface area contributed by atoms with E-state index in [1.807, 2.05) is 12.1 Å². The van der Waals surface area contributed by atoms with E-state index in [9.17, 15) is 14.7 Å². The number of aliphatic hydroxyl groups is 1. The van der Waals surface area contributed by atoms with Crippen LogP contribution in [0, 0.1) is 29.1 Å². The first-order valence-corrected chi connectivity index (χ1v) is 28.0. The van der Waals surface area contributed by atoms with E-state index in [0.717, 1.165) is 24.8 Å². The van der Waals surface area contributed by atoms with Crippen LogP contribution in [-0.4, -0.2) is 70.1 Å². The van der Waals surface area contributed by atoms with Gasteiger partial charge in [-0.3, -0.25) is 9.59 Å². The highest BCUT2D eigenvalue weighted by Crippen LogP contribution is 2.65. The number of hydrogen-bond acceptors (Lipinski definition) is 7. The summed E-state index contributed by atoms with van der Waals surface area (Å²) in [6.07, 6.45) is 1.69. The third-order valence-corrected chi connectivity index (χ3v) is 26.3. The van der Waals surface area contributed by atoms with E-state index < -0.39 is 57.8 Å². The summed E-state index contributed by atoms with van der Waals surface area (Å²) in [5.41, 5.74) is -0.318. The number of fused-ring (bicyclic) bond motifs is 1. The van der Waals surface area contributed by atoms with Crippen LogP contribution in [0.15, 0.2) is 132 Å². The molecule has 344 valence electrons. The summed E-state index contributed by atoms with van der Waals surface area (Å²) in [4.78, 5) is 28.1. The van der Waals surface area contributed by atoms with E-state index in [4.69, 9.17) is 18.3 Å². The van der Waals surface area contributed by atoms with Crippen molar-refractivity contribution in [1.29, 1.82) is 0 Å². The maximum Gasteiger partial charge on any atom is 0.303 e. The predicted octanol–water partition coefficient (Wildman–Crippen LogP) is 8.69. The molecule has 1 saturated carbocycles. The molecule has 7 nitrogen and oxygen atoms in total. The average molecular weight is 911 g/mol. The fraction of sp³-hybridized carbons (Fsp3) is 0.500. The lowest BCUT2D eigenvalue weighted by atomic mass is 9.59. The van der Waals surface area contributed by atoms with Crippen LogP contribution in [0.5, 0.6) is 0 Å². The van der Waals surface area contributed by atoms with Gasteiger partial charge < -0.3 is 23.4 Å². The molecule has 1 unspecified atom stereocenters. The first-order chi connectivity index (χ1) is 30.8. The number of ketones is 1. The Morgan fingerprint density at radius 3 is 1.72 bits per heavy atom. The summed E-state index contributed by atoms with van der Waals surface area (Å²) in [5.74, 6) is 0.00451. The van der Waals surface area contributed by atoms with Crippen molar-refractivity contribution < 1.29 is 33.0 Å². The van der Waals surface area contributed by atoms with E-state index >= 15 is 0 Å². The minimum atomic E-state index is -3.03. The van der Waals surface area contributed by atoms with Crippen molar-refractivity contribution in [2.45, 2.75) is 141 Å². The Morgan fingerprint density at radius 2 is 1.25 bits per heavy atom. The predicted molar refractivity (Wildman–Crippen MR) is 263 cm³/mol. The fourth-order valence-corrected chi connectivity index (χ4v) is 22.7. The third kappa shape index (κ3) is 7.70. The summed E-state index contributed by atoms with van der Waals surface area (Å²) in [6.45, 7) is 20.2. The number of rotatable bonds is 12. The fourth-order valence-electron chi connectivity index (χ4n) is 13.4. The van der Waals surface area contributed by atoms with Gasteiger partial charge in [0.05, 0.1) is 12.2 Å². The lowest BCUT2D eigenvalue weighted by Gasteiger charge is -2.50. The Bertz CT molecular complexity index is 2310. The molecule has 1 N–H and O–H groups in total. The van der Waals surface area contributed by atoms with Gasteiger partial charge in [0.2, 0.25) is 0 Å². The second-order valence-corrected chi connectivity index (χ2v) is 31.3. The number of ether oxygens (including phenoxy) is 2. The maximum atomic E-state index is 14.9. The summed E-state index contributed by atoms with van der Waals surface area (Å²) < 4.78 is 28.9. The van der Waals surface area contributed by atoms with Gasteiger partial charge in [0.25, 0.3) is 16.6 Å². The number of carbonyl (C=O) groups is 2. The summed E-state index contributed by atoms with van der Waals surface area (Å²) in [6, 6.07) is 42.9. The lowest BCUT2D eigenvalue weighted by Crippen LogP contribution is -2.69. The van der Waals surface area contributed by atoms with Crippen LogP contribution >= 0.6 is 0 Å². The zero-order chi connectivity index (χ0) is 46.2. The van der Waals surface area contributed by atoms with Gasteiger partial charge in [0, 0.05) is 36.9 Å². The minimum Gasteiger partial charge on any atom is -0.455 e. The van der Waals surface area contributed by atoms with Crippen LogP contribution in [0.4, 0.5) is 0 Å². The van der Waals surface area contributed by atoms with Crippen LogP contribution in [0.1, 0.15) is 101 Å². The monoisotopic (exact) mass is 910 g/mol. The molecule has 2 heterocycles. The molecule has 0 amide bonds. The molecular formula is C56H70O7Si2. The highest BCUT2D eigenvalue weighted by Gasteiger charge is 2.75. The van der Waals surface area contributed by atoms with E-state index in [1.54, 1.807) is 0 Å². The smallest absolute Gasteiger partial charge is 0.303 e. The Hall–Kier alpha value is -3.97. The van der Waals surface area contributed by atoms with Gasteiger partial charge >= 0.3 is 5.97 Å². The zero-order valence-electron chi connectivity index (χ0n) is 40.0. The first kappa shape index (κ1) is 46.2. The van der Waals surface area contributed by atoms with Crippen molar-refractivity contribution in [2.75, 3.05) is 6.61 Å². The molecule has 0 radical (unpaired) electrons. The number of aliphatic hydroxyl groups excluding tert-OH is 1. The second kappa shape index (κ2) is 17.0. The highest BCUT2D eigenvalue weighted by atomic mass is 28.4. The molecule has 4 aromatic rings. The van der Waals surface area contributed by atoms with E-state index in [0.29, 0.717) is 43.3 Å². The number of Topliss-reactive ketones (excluding diaryl/α,β-unsaturated/α-hetero) is 1. The maximum absolute atomic E-state index is 14.9. The summed E-state index contributed by atoms with van der Waals surface area (Å²) in [5, 5.41) is 17.0. The van der Waals surface area contributed by atoms with Gasteiger partial charge in [0.15, 0.2) is 11.9 Å². The van der Waals surface area contributed by atoms with Crippen LogP contribution < -0.4 is 20.7 Å². The van der Waals surface area contributed by atoms with Gasteiger partial charge in [-0.05, 0) is 86.3 Å². The van der Waals surface area contributed by atoms with Crippen molar-refractivity contribution in [3.8, 4) is 0 Å². The molecule has 65 heavy (non-hydrogen) atoms. The number of carbonyl (C=O) groups excluding carboxylic acids is 2. The first-order valence-electron chi connectivity index (χ1n) is 24.2. The molecule has 3 fully saturated rings. The van der Waals surface area contributed by atoms with Gasteiger partial charge in [-0.1, -0.05) is 177 Å². The number of benzene rings is 4. The number of esters is 1. The summed E-state index contributed by atoms with van der Waals surface area (Å²) >= 11 is 0. The van der Waals surface area contributed by atoms with Crippen LogP contribution in [0.2, 0.25) is 10.1 Å². The van der Waals surface area contributed by atoms with E-state index in [1.165, 1.54) is 27.7 Å². The molecular weight excluding hydrogens is 841 g/mol. The Kier molecular flexibility index (Phi) is 12.1. The molecule has 4 aromatic carbocycles. The SMILES string of the molecule is CC(=O)O[C@H]1C2=C(CC(C[C@H]3C[C@@H]3CO[Si](c3ccccc3)(c3ccccc3)C(C)(C)C)CC2)C(=O)[C@H](O)[C@H]2C(C)(C)[C@H]3O[C@@]12C[C@@H]3O[Si](c1ccccc1)(c1ccccc1)C(C)(C)C. The van der Waals surface area contributed by atoms with Gasteiger partial charge in [-0.25, -0.2) is 0 Å². The topological polar surface area (TPSA) is 91.3 Å². The zero-order valence-corrected chi connectivity index (χ0v) is 42.0. The molecule has 0 aromatic heterocycles. The van der Waals surface area contributed by atoms with Crippen molar-refractivity contribution in [3.05, 3.63) is 132 Å². The highest BCUT2D eigenvalue weighted by molar-refractivity contribution is 7.00. The Balaban J connectivity index is 0.991. The van der Waals surface area contributed by atoms with Crippen LogP contribution in [0.25, 0.3) is 0 Å². The van der Waals surface area contributed by atoms with Crippen molar-refractivity contribution in [2.24, 2.45) is 29.1 Å². The van der Waals surface area contributed by atoms with Crippen molar-refractivity contribution >= 4 is 49.1 Å². The molecule has 5 aliphatic rings. The second-order valence-electron chi connectivity index (χ2n) is 22.7. The molecule has 3 aliphatic carbocycles. The molecule has 2 saturated heterocycles. The van der Waals surface area contributed by atoms with Gasteiger partial charge in [-0.2, -0.15) is 0 Å². The van der Waals surface area contributed by atoms with Gasteiger partial charge in [-0.15, -0.1) is 0 Å². The molecule has 9 atom stereocenters. The number of hydrogen-bond donors (Lipinski definition) is 1.